The van der Waals surface area contributed by atoms with E-state index in [2.05, 4.69) is 32.5 Å². The molecule has 0 saturated carbocycles. The van der Waals surface area contributed by atoms with Gasteiger partial charge in [-0.1, -0.05) is 12.6 Å². The summed E-state index contributed by atoms with van der Waals surface area (Å²) in [6.45, 7) is 4.91. The number of nitrogen functional groups attached to an aromatic ring is 1. The molecule has 2 aromatic heterocycles. The first-order valence-corrected chi connectivity index (χ1v) is 12.3. The zero-order valence-corrected chi connectivity index (χ0v) is 21.3. The molecule has 0 bridgehead atoms. The van der Waals surface area contributed by atoms with Crippen LogP contribution in [0.5, 0.6) is 17.2 Å². The number of likely N-dealkylation sites (tertiary alicyclic amines) is 1. The van der Waals surface area contributed by atoms with E-state index < -0.39 is 0 Å². The molecule has 1 aliphatic rings. The molecular formula is C26H25BrN6O3. The summed E-state index contributed by atoms with van der Waals surface area (Å²) in [4.78, 5) is 23.0. The van der Waals surface area contributed by atoms with Crippen molar-refractivity contribution in [3.63, 3.8) is 0 Å². The fraction of sp³-hybridized carbons (Fsp3) is 0.231. The van der Waals surface area contributed by atoms with Crippen molar-refractivity contribution in [2.24, 2.45) is 0 Å². The topological polar surface area (TPSA) is 108 Å². The Hall–Kier alpha value is -3.92. The number of ether oxygens (including phenoxy) is 2. The first-order chi connectivity index (χ1) is 17.4. The van der Waals surface area contributed by atoms with Crippen LogP contribution in [0.25, 0.3) is 22.3 Å². The Labute approximate surface area is 216 Å². The fourth-order valence-electron chi connectivity index (χ4n) is 4.44. The normalized spacial score (nSPS) is 15.6. The molecule has 5 rings (SSSR count). The zero-order valence-electron chi connectivity index (χ0n) is 19.7. The number of methoxy groups -OCH3 is 1. The lowest BCUT2D eigenvalue weighted by molar-refractivity contribution is -0.127. The van der Waals surface area contributed by atoms with Crippen LogP contribution >= 0.6 is 15.9 Å². The lowest BCUT2D eigenvalue weighted by Gasteiger charge is -2.32. The highest BCUT2D eigenvalue weighted by molar-refractivity contribution is 9.12. The minimum atomic E-state index is -0.114. The number of aromatic nitrogens is 4. The second-order valence-corrected chi connectivity index (χ2v) is 9.47. The quantitative estimate of drug-likeness (QED) is 0.339. The van der Waals surface area contributed by atoms with Crippen LogP contribution in [-0.4, -0.2) is 50.8 Å². The van der Waals surface area contributed by atoms with Crippen molar-refractivity contribution in [3.8, 4) is 28.5 Å². The summed E-state index contributed by atoms with van der Waals surface area (Å²) in [6.07, 6.45) is 3.16. The third kappa shape index (κ3) is 4.64. The molecule has 0 radical (unpaired) electrons. The number of hydrogen-bond acceptors (Lipinski definition) is 7. The summed E-state index contributed by atoms with van der Waals surface area (Å²) in [5.41, 5.74) is 8.48. The van der Waals surface area contributed by atoms with E-state index >= 15 is 0 Å². The number of nitrogens with two attached hydrogens (primary N) is 1. The van der Waals surface area contributed by atoms with Crippen molar-refractivity contribution < 1.29 is 14.3 Å². The largest absolute Gasteiger partial charge is 0.497 e. The summed E-state index contributed by atoms with van der Waals surface area (Å²) < 4.78 is 13.5. The number of piperidine rings is 1. The SMILES string of the molecule is C=C(Br)C(=O)N1CCC[C@@H](n2nc(-c3ccc(Oc4cccc(OC)c4)cc3)c3c(N)ncnc32)C1. The average Bonchev–Trinajstić information content (AvgIpc) is 3.30. The van der Waals surface area contributed by atoms with Gasteiger partial charge >= 0.3 is 0 Å². The molecular weight excluding hydrogens is 524 g/mol. The van der Waals surface area contributed by atoms with Crippen molar-refractivity contribution >= 4 is 38.7 Å². The van der Waals surface area contributed by atoms with Gasteiger partial charge in [0.05, 0.1) is 23.0 Å². The Balaban J connectivity index is 1.47. The first-order valence-electron chi connectivity index (χ1n) is 11.5. The highest BCUT2D eigenvalue weighted by Crippen LogP contribution is 2.35. The van der Waals surface area contributed by atoms with Gasteiger partial charge in [0.2, 0.25) is 0 Å². The summed E-state index contributed by atoms with van der Waals surface area (Å²) in [6, 6.07) is 15.0. The van der Waals surface area contributed by atoms with E-state index in [1.807, 2.05) is 53.2 Å². The second kappa shape index (κ2) is 9.98. The van der Waals surface area contributed by atoms with E-state index in [0.717, 1.165) is 24.2 Å². The first kappa shape index (κ1) is 23.8. The summed E-state index contributed by atoms with van der Waals surface area (Å²) in [5, 5.41) is 5.61. The maximum absolute atomic E-state index is 12.5. The van der Waals surface area contributed by atoms with Gasteiger partial charge < -0.3 is 20.1 Å². The minimum absolute atomic E-state index is 0.0456. The van der Waals surface area contributed by atoms with Gasteiger partial charge in [0, 0.05) is 24.7 Å². The van der Waals surface area contributed by atoms with Crippen molar-refractivity contribution in [2.75, 3.05) is 25.9 Å². The molecule has 2 aromatic carbocycles. The Morgan fingerprint density at radius 3 is 2.67 bits per heavy atom. The van der Waals surface area contributed by atoms with Crippen LogP contribution in [0.1, 0.15) is 18.9 Å². The number of halogens is 1. The molecule has 9 nitrogen and oxygen atoms in total. The van der Waals surface area contributed by atoms with E-state index in [9.17, 15) is 4.79 Å². The molecule has 1 aliphatic heterocycles. The molecule has 1 saturated heterocycles. The van der Waals surface area contributed by atoms with Gasteiger partial charge in [0.1, 0.15) is 35.1 Å². The minimum Gasteiger partial charge on any atom is -0.497 e. The van der Waals surface area contributed by atoms with E-state index in [0.29, 0.717) is 51.6 Å². The van der Waals surface area contributed by atoms with Crippen LogP contribution in [0.2, 0.25) is 0 Å². The molecule has 1 atom stereocenters. The van der Waals surface area contributed by atoms with Gasteiger partial charge in [0.25, 0.3) is 5.91 Å². The third-order valence-corrected chi connectivity index (χ3v) is 6.52. The molecule has 184 valence electrons. The third-order valence-electron chi connectivity index (χ3n) is 6.18. The van der Waals surface area contributed by atoms with Crippen LogP contribution in [0, 0.1) is 0 Å². The molecule has 10 heteroatoms. The van der Waals surface area contributed by atoms with Gasteiger partial charge in [-0.3, -0.25) is 4.79 Å². The van der Waals surface area contributed by atoms with Crippen LogP contribution in [-0.2, 0) is 4.79 Å². The predicted octanol–water partition coefficient (Wildman–Crippen LogP) is 4.95. The number of carbonyl (C=O) groups excluding carboxylic acids is 1. The number of rotatable bonds is 6. The summed E-state index contributed by atoms with van der Waals surface area (Å²) in [5.74, 6) is 2.32. The molecule has 2 N–H and O–H groups in total. The van der Waals surface area contributed by atoms with Gasteiger partial charge in [-0.15, -0.1) is 0 Å². The summed E-state index contributed by atoms with van der Waals surface area (Å²) >= 11 is 3.21. The molecule has 3 heterocycles. The number of fused-ring (bicyclic) bond motifs is 1. The number of hydrogen-bond donors (Lipinski definition) is 1. The van der Waals surface area contributed by atoms with Crippen LogP contribution in [0.3, 0.4) is 0 Å². The lowest BCUT2D eigenvalue weighted by atomic mass is 10.1. The van der Waals surface area contributed by atoms with Crippen molar-refractivity contribution in [2.45, 2.75) is 18.9 Å². The van der Waals surface area contributed by atoms with E-state index in [-0.39, 0.29) is 11.9 Å². The molecule has 0 aliphatic carbocycles. The fourth-order valence-corrected chi connectivity index (χ4v) is 4.69. The monoisotopic (exact) mass is 548 g/mol. The van der Waals surface area contributed by atoms with Crippen LogP contribution in [0.4, 0.5) is 5.82 Å². The van der Waals surface area contributed by atoms with Gasteiger partial charge in [0.15, 0.2) is 5.65 Å². The van der Waals surface area contributed by atoms with Crippen molar-refractivity contribution in [1.82, 2.24) is 24.6 Å². The molecule has 1 fully saturated rings. The number of anilines is 1. The number of carbonyl (C=O) groups is 1. The Morgan fingerprint density at radius 2 is 1.92 bits per heavy atom. The number of benzene rings is 2. The zero-order chi connectivity index (χ0) is 25.2. The smallest absolute Gasteiger partial charge is 0.260 e. The number of nitrogens with zero attached hydrogens (tertiary/aromatic N) is 5. The maximum Gasteiger partial charge on any atom is 0.260 e. The average molecular weight is 549 g/mol. The highest BCUT2D eigenvalue weighted by Gasteiger charge is 2.29. The van der Waals surface area contributed by atoms with Crippen molar-refractivity contribution in [1.29, 1.82) is 0 Å². The van der Waals surface area contributed by atoms with E-state index in [1.165, 1.54) is 6.33 Å². The lowest BCUT2D eigenvalue weighted by Crippen LogP contribution is -2.41. The van der Waals surface area contributed by atoms with E-state index in [4.69, 9.17) is 20.3 Å². The molecule has 0 spiro atoms. The van der Waals surface area contributed by atoms with Crippen molar-refractivity contribution in [3.05, 3.63) is 65.9 Å². The van der Waals surface area contributed by atoms with E-state index in [1.54, 1.807) is 12.0 Å². The standard InChI is InChI=1S/C26H25BrN6O3/c1-16(27)26(34)32-12-4-5-18(14-32)33-25-22(24(28)29-15-30-25)23(31-33)17-8-10-19(11-9-17)36-21-7-3-6-20(13-21)35-2/h3,6-11,13,15,18H,1,4-5,12,14H2,2H3,(H2,28,29,30)/t18-/m1/s1. The molecule has 36 heavy (non-hydrogen) atoms. The second-order valence-electron chi connectivity index (χ2n) is 8.51. The molecule has 1 amide bonds. The highest BCUT2D eigenvalue weighted by atomic mass is 79.9. The Bertz CT molecular complexity index is 1440. The van der Waals surface area contributed by atoms with Crippen LogP contribution < -0.4 is 15.2 Å². The van der Waals surface area contributed by atoms with Crippen LogP contribution in [0.15, 0.2) is 65.9 Å². The van der Waals surface area contributed by atoms with Gasteiger partial charge in [-0.25, -0.2) is 14.6 Å². The maximum atomic E-state index is 12.5. The molecule has 0 unspecified atom stereocenters. The Morgan fingerprint density at radius 1 is 1.14 bits per heavy atom. The number of amides is 1. The van der Waals surface area contributed by atoms with Gasteiger partial charge in [-0.2, -0.15) is 5.10 Å². The molecule has 4 aromatic rings. The Kier molecular flexibility index (Phi) is 6.60. The summed E-state index contributed by atoms with van der Waals surface area (Å²) in [7, 11) is 1.62. The predicted molar refractivity (Wildman–Crippen MR) is 141 cm³/mol. The van der Waals surface area contributed by atoms with Gasteiger partial charge in [-0.05, 0) is 65.2 Å².